The Labute approximate surface area is 167 Å². The molecule has 0 saturated carbocycles. The second kappa shape index (κ2) is 9.01. The Morgan fingerprint density at radius 2 is 2.11 bits per heavy atom. The summed E-state index contributed by atoms with van der Waals surface area (Å²) in [7, 11) is 0. The summed E-state index contributed by atoms with van der Waals surface area (Å²) in [6.07, 6.45) is 1.82. The van der Waals surface area contributed by atoms with Crippen LogP contribution in [0.3, 0.4) is 0 Å². The number of nitrogens with zero attached hydrogens (tertiary/aromatic N) is 3. The highest BCUT2D eigenvalue weighted by Crippen LogP contribution is 2.31. The van der Waals surface area contributed by atoms with Crippen LogP contribution < -0.4 is 5.32 Å². The fourth-order valence-corrected chi connectivity index (χ4v) is 4.18. The van der Waals surface area contributed by atoms with Crippen LogP contribution in [-0.4, -0.2) is 26.4 Å². The Bertz CT molecular complexity index is 915. The standard InChI is InChI=1S/C20H22N4OS2/c1-4-10-24-19(15-11-17(14(2)3)26-12-15)22-23-20(24)27-13-18(25)21-16-8-6-5-7-9-16/h4-9,11-12,14H,1,10,13H2,2-3H3,(H,21,25). The number of hydrogen-bond acceptors (Lipinski definition) is 5. The summed E-state index contributed by atoms with van der Waals surface area (Å²) in [6.45, 7) is 8.78. The fraction of sp³-hybridized carbons (Fsp3) is 0.250. The summed E-state index contributed by atoms with van der Waals surface area (Å²) in [6, 6.07) is 11.6. The van der Waals surface area contributed by atoms with E-state index in [4.69, 9.17) is 0 Å². The first-order valence-corrected chi connectivity index (χ1v) is 10.6. The van der Waals surface area contributed by atoms with Gasteiger partial charge in [-0.3, -0.25) is 9.36 Å². The molecule has 0 aliphatic carbocycles. The van der Waals surface area contributed by atoms with E-state index in [9.17, 15) is 4.79 Å². The lowest BCUT2D eigenvalue weighted by atomic mass is 10.1. The van der Waals surface area contributed by atoms with Gasteiger partial charge in [0.15, 0.2) is 11.0 Å². The number of hydrogen-bond donors (Lipinski definition) is 1. The monoisotopic (exact) mass is 398 g/mol. The predicted octanol–water partition coefficient (Wildman–Crippen LogP) is 5.05. The number of thiophene rings is 1. The molecule has 0 atom stereocenters. The second-order valence-corrected chi connectivity index (χ2v) is 8.19. The molecular formula is C20H22N4OS2. The van der Waals surface area contributed by atoms with E-state index in [1.165, 1.54) is 16.6 Å². The van der Waals surface area contributed by atoms with E-state index in [1.54, 1.807) is 11.3 Å². The topological polar surface area (TPSA) is 59.8 Å². The predicted molar refractivity (Wildman–Crippen MR) is 113 cm³/mol. The minimum atomic E-state index is -0.0708. The molecule has 0 saturated heterocycles. The first-order valence-electron chi connectivity index (χ1n) is 8.69. The number of carbonyl (C=O) groups excluding carboxylic acids is 1. The lowest BCUT2D eigenvalue weighted by molar-refractivity contribution is -0.113. The van der Waals surface area contributed by atoms with Crippen molar-refractivity contribution in [2.45, 2.75) is 31.5 Å². The van der Waals surface area contributed by atoms with Gasteiger partial charge in [0, 0.05) is 28.1 Å². The van der Waals surface area contributed by atoms with Gasteiger partial charge >= 0.3 is 0 Å². The van der Waals surface area contributed by atoms with Crippen LogP contribution in [-0.2, 0) is 11.3 Å². The number of amides is 1. The second-order valence-electron chi connectivity index (χ2n) is 6.30. The summed E-state index contributed by atoms with van der Waals surface area (Å²) in [5.74, 6) is 1.49. The summed E-state index contributed by atoms with van der Waals surface area (Å²) in [5, 5.41) is 14.4. The molecule has 0 aliphatic heterocycles. The van der Waals surface area contributed by atoms with Gasteiger partial charge in [-0.15, -0.1) is 28.1 Å². The van der Waals surface area contributed by atoms with Crippen LogP contribution in [0.5, 0.6) is 0 Å². The third-order valence-electron chi connectivity index (χ3n) is 3.87. The van der Waals surface area contributed by atoms with E-state index in [0.717, 1.165) is 17.1 Å². The zero-order chi connectivity index (χ0) is 19.2. The Morgan fingerprint density at radius 1 is 1.33 bits per heavy atom. The SMILES string of the molecule is C=CCn1c(SCC(=O)Nc2ccccc2)nnc1-c1csc(C(C)C)c1. The molecule has 1 N–H and O–H groups in total. The molecule has 0 spiro atoms. The van der Waals surface area contributed by atoms with Crippen LogP contribution in [0.1, 0.15) is 24.6 Å². The Balaban J connectivity index is 1.72. The molecule has 0 bridgehead atoms. The van der Waals surface area contributed by atoms with Gasteiger partial charge in [0.1, 0.15) is 0 Å². The fourth-order valence-electron chi connectivity index (χ4n) is 2.52. The Morgan fingerprint density at radius 3 is 2.78 bits per heavy atom. The van der Waals surface area contributed by atoms with Crippen LogP contribution in [0.15, 0.2) is 59.6 Å². The number of allylic oxidation sites excluding steroid dienone is 1. The minimum absolute atomic E-state index is 0.0708. The van der Waals surface area contributed by atoms with Crippen LogP contribution in [0.2, 0.25) is 0 Å². The molecule has 27 heavy (non-hydrogen) atoms. The number of anilines is 1. The summed E-state index contributed by atoms with van der Waals surface area (Å²) in [5.41, 5.74) is 1.84. The van der Waals surface area contributed by atoms with Gasteiger partial charge < -0.3 is 5.32 Å². The number of aromatic nitrogens is 3. The lowest BCUT2D eigenvalue weighted by Crippen LogP contribution is -2.14. The number of nitrogens with one attached hydrogen (secondary N) is 1. The molecule has 1 amide bonds. The summed E-state index contributed by atoms with van der Waals surface area (Å²) < 4.78 is 2.00. The first-order chi connectivity index (χ1) is 13.1. The van der Waals surface area contributed by atoms with Crippen molar-refractivity contribution in [3.63, 3.8) is 0 Å². The highest BCUT2D eigenvalue weighted by Gasteiger charge is 2.16. The smallest absolute Gasteiger partial charge is 0.234 e. The number of para-hydroxylation sites is 1. The molecule has 0 aliphatic rings. The largest absolute Gasteiger partial charge is 0.325 e. The molecule has 2 heterocycles. The van der Waals surface area contributed by atoms with Gasteiger partial charge in [-0.1, -0.05) is 49.9 Å². The lowest BCUT2D eigenvalue weighted by Gasteiger charge is -2.07. The molecule has 7 heteroatoms. The number of thioether (sulfide) groups is 1. The molecule has 3 aromatic rings. The van der Waals surface area contributed by atoms with E-state index < -0.39 is 0 Å². The number of carbonyl (C=O) groups is 1. The number of rotatable bonds is 8. The quantitative estimate of drug-likeness (QED) is 0.426. The van der Waals surface area contributed by atoms with Gasteiger partial charge in [-0.05, 0) is 24.1 Å². The van der Waals surface area contributed by atoms with E-state index >= 15 is 0 Å². The van der Waals surface area contributed by atoms with E-state index in [2.05, 4.69) is 47.4 Å². The minimum Gasteiger partial charge on any atom is -0.325 e. The molecule has 0 radical (unpaired) electrons. The van der Waals surface area contributed by atoms with E-state index in [0.29, 0.717) is 17.6 Å². The Kier molecular flexibility index (Phi) is 6.47. The third kappa shape index (κ3) is 4.87. The molecule has 0 unspecified atom stereocenters. The first kappa shape index (κ1) is 19.4. The van der Waals surface area contributed by atoms with Crippen molar-refractivity contribution in [2.75, 3.05) is 11.1 Å². The van der Waals surface area contributed by atoms with E-state index in [1.807, 2.05) is 41.0 Å². The van der Waals surface area contributed by atoms with Gasteiger partial charge in [0.05, 0.1) is 5.75 Å². The van der Waals surface area contributed by atoms with Crippen molar-refractivity contribution in [3.8, 4) is 11.4 Å². The van der Waals surface area contributed by atoms with Gasteiger partial charge in [-0.2, -0.15) is 0 Å². The van der Waals surface area contributed by atoms with Gasteiger partial charge in [0.2, 0.25) is 5.91 Å². The normalized spacial score (nSPS) is 10.9. The maximum atomic E-state index is 12.2. The molecule has 3 rings (SSSR count). The average Bonchev–Trinajstić information content (AvgIpc) is 3.28. The van der Waals surface area contributed by atoms with Crippen molar-refractivity contribution < 1.29 is 4.79 Å². The molecule has 1 aromatic carbocycles. The van der Waals surface area contributed by atoms with Crippen molar-refractivity contribution in [1.29, 1.82) is 0 Å². The zero-order valence-corrected chi connectivity index (χ0v) is 17.0. The molecule has 5 nitrogen and oxygen atoms in total. The van der Waals surface area contributed by atoms with Gasteiger partial charge in [0.25, 0.3) is 0 Å². The van der Waals surface area contributed by atoms with Gasteiger partial charge in [-0.25, -0.2) is 0 Å². The van der Waals surface area contributed by atoms with Crippen molar-refractivity contribution in [3.05, 3.63) is 59.3 Å². The third-order valence-corrected chi connectivity index (χ3v) is 6.07. The molecule has 140 valence electrons. The highest BCUT2D eigenvalue weighted by atomic mass is 32.2. The van der Waals surface area contributed by atoms with Crippen molar-refractivity contribution in [1.82, 2.24) is 14.8 Å². The summed E-state index contributed by atoms with van der Waals surface area (Å²) in [4.78, 5) is 13.5. The average molecular weight is 399 g/mol. The maximum absolute atomic E-state index is 12.2. The summed E-state index contributed by atoms with van der Waals surface area (Å²) >= 11 is 3.11. The molecule has 2 aromatic heterocycles. The molecular weight excluding hydrogens is 376 g/mol. The van der Waals surface area contributed by atoms with Crippen molar-refractivity contribution in [2.24, 2.45) is 0 Å². The zero-order valence-electron chi connectivity index (χ0n) is 15.4. The van der Waals surface area contributed by atoms with Crippen LogP contribution in [0.4, 0.5) is 5.69 Å². The van der Waals surface area contributed by atoms with E-state index in [-0.39, 0.29) is 11.7 Å². The van der Waals surface area contributed by atoms with Crippen molar-refractivity contribution >= 4 is 34.7 Å². The highest BCUT2D eigenvalue weighted by molar-refractivity contribution is 7.99. The van der Waals surface area contributed by atoms with Crippen LogP contribution in [0, 0.1) is 0 Å². The Hall–Kier alpha value is -2.38. The number of benzene rings is 1. The van der Waals surface area contributed by atoms with Crippen LogP contribution in [0.25, 0.3) is 11.4 Å². The molecule has 0 fully saturated rings. The maximum Gasteiger partial charge on any atom is 0.234 e. The van der Waals surface area contributed by atoms with Crippen LogP contribution >= 0.6 is 23.1 Å².